The maximum atomic E-state index is 12.2. The van der Waals surface area contributed by atoms with Crippen molar-refractivity contribution < 1.29 is 99.9 Å². The number of aromatic nitrogens is 2. The molecule has 0 radical (unpaired) electrons. The summed E-state index contributed by atoms with van der Waals surface area (Å²) in [7, 11) is -24.3. The topological polar surface area (TPSA) is 393 Å². The number of nitrogens with zero attached hydrogens (tertiary/aromatic N) is 2. The van der Waals surface area contributed by atoms with Crippen LogP contribution in [0.5, 0.6) is 0 Å². The molecule has 2 saturated heterocycles. The van der Waals surface area contributed by atoms with Gasteiger partial charge in [0, 0.05) is 12.3 Å². The molecule has 0 spiro atoms. The van der Waals surface area contributed by atoms with Gasteiger partial charge in [0.05, 0.1) is 13.2 Å². The predicted octanol–water partition coefficient (Wildman–Crippen LogP) is -3.21. The van der Waals surface area contributed by atoms with Crippen LogP contribution in [0.15, 0.2) is 21.9 Å². The van der Waals surface area contributed by atoms with Gasteiger partial charge in [-0.25, -0.2) is 23.1 Å². The summed E-state index contributed by atoms with van der Waals surface area (Å²) in [6.45, 7) is 7.89. The van der Waals surface area contributed by atoms with Crippen molar-refractivity contribution in [2.75, 3.05) is 32.8 Å². The Balaban J connectivity index is 0.00000116. The van der Waals surface area contributed by atoms with Gasteiger partial charge in [-0.2, -0.15) is 12.9 Å². The number of hydrogen-bond acceptors (Lipinski definition) is 20. The second kappa shape index (κ2) is 19.0. The van der Waals surface area contributed by atoms with E-state index in [2.05, 4.69) is 47.7 Å². The van der Waals surface area contributed by atoms with Gasteiger partial charge >= 0.3 is 37.0 Å². The van der Waals surface area contributed by atoms with Gasteiger partial charge in [0.1, 0.15) is 42.7 Å². The Labute approximate surface area is 287 Å². The molecule has 11 N–H and O–H groups in total. The van der Waals surface area contributed by atoms with Crippen molar-refractivity contribution in [1.29, 1.82) is 0 Å². The quantitative estimate of drug-likeness (QED) is 0.0730. The van der Waals surface area contributed by atoms with Crippen LogP contribution in [0, 0.1) is 0 Å². The average molecular weight is 827 g/mol. The molecule has 13 atom stereocenters. The van der Waals surface area contributed by atoms with Crippen LogP contribution >= 0.6 is 31.3 Å². The molecular weight excluding hydrogens is 786 g/mol. The maximum Gasteiger partial charge on any atom is 0.490 e. The van der Waals surface area contributed by atoms with Crippen LogP contribution in [0.4, 0.5) is 0 Å². The maximum absolute atomic E-state index is 12.2. The fourth-order valence-electron chi connectivity index (χ4n) is 4.31. The molecule has 2 aliphatic rings. The van der Waals surface area contributed by atoms with Crippen LogP contribution in [0.1, 0.15) is 27.0 Å². The van der Waals surface area contributed by atoms with E-state index in [1.165, 1.54) is 19.6 Å². The summed E-state index contributed by atoms with van der Waals surface area (Å²) in [6, 6.07) is 0.864. The van der Waals surface area contributed by atoms with E-state index in [4.69, 9.17) is 14.6 Å². The smallest absolute Gasteiger partial charge is 0.394 e. The molecule has 51 heavy (non-hydrogen) atoms. The van der Waals surface area contributed by atoms with Crippen molar-refractivity contribution in [3.05, 3.63) is 33.1 Å². The average Bonchev–Trinajstić information content (AvgIpc) is 3.28. The zero-order valence-corrected chi connectivity index (χ0v) is 30.4. The van der Waals surface area contributed by atoms with Gasteiger partial charge in [-0.3, -0.25) is 23.4 Å². The van der Waals surface area contributed by atoms with Crippen molar-refractivity contribution in [3.63, 3.8) is 0 Å². The predicted molar refractivity (Wildman–Crippen MR) is 164 cm³/mol. The molecule has 298 valence electrons. The summed E-state index contributed by atoms with van der Waals surface area (Å²) in [5.41, 5.74) is -1.89. The first-order chi connectivity index (χ1) is 23.4. The van der Waals surface area contributed by atoms with Crippen molar-refractivity contribution in [1.82, 2.24) is 14.5 Å². The summed E-state index contributed by atoms with van der Waals surface area (Å²) in [4.78, 5) is 66.1. The van der Waals surface area contributed by atoms with Crippen LogP contribution in [-0.4, -0.2) is 147 Å². The molecule has 26 nitrogen and oxygen atoms in total. The number of H-pyrrole nitrogens is 1. The summed E-state index contributed by atoms with van der Waals surface area (Å²) in [6.07, 6.45) is -16.8. The number of aliphatic hydroxyl groups excluding tert-OH is 6. The molecule has 0 aromatic carbocycles. The third kappa shape index (κ3) is 13.6. The number of ether oxygens (including phenoxy) is 2. The second-order valence-electron chi connectivity index (χ2n) is 10.4. The van der Waals surface area contributed by atoms with Crippen LogP contribution in [0.2, 0.25) is 0 Å². The molecule has 2 aliphatic heterocycles. The molecular formula is C21H41N3O23P4. The van der Waals surface area contributed by atoms with Crippen molar-refractivity contribution >= 4 is 31.3 Å². The fourth-order valence-corrected chi connectivity index (χ4v) is 9.33. The van der Waals surface area contributed by atoms with Gasteiger partial charge in [0.15, 0.2) is 12.5 Å². The molecule has 0 amide bonds. The molecule has 3 heterocycles. The number of nitrogens with one attached hydrogen (secondary N) is 1. The first kappa shape index (κ1) is 46.0. The van der Waals surface area contributed by atoms with Crippen molar-refractivity contribution in [2.24, 2.45) is 0 Å². The molecule has 4 unspecified atom stereocenters. The third-order valence-electron chi connectivity index (χ3n) is 6.91. The number of aliphatic hydroxyl groups is 6. The summed E-state index contributed by atoms with van der Waals surface area (Å²) < 4.78 is 78.7. The fraction of sp³-hybridized carbons (Fsp3) is 0.810. The Morgan fingerprint density at radius 1 is 0.745 bits per heavy atom. The Morgan fingerprint density at radius 2 is 1.25 bits per heavy atom. The standard InChI is InChI=1S/C15H26N2O23P4.C6H15N/c18-3-5-8(20)10(22)12(24)14(36-5)37-42(28,29)39-44(32,33)40-43(30,31)38-41(26,27)34-4-6-9(21)11(23)13(35-6)17-2-1-7(19)16-15(17)25;1-4-7(5-2)6-3/h1-2,5-6,8-14,18,20-24H,3-4H2,(H,26,27)(H,28,29)(H,30,31)(H,32,33)(H,16,19,25);4-6H2,1-3H3/t5-,6-,8-,9-,10-,11-,12-,13-,14-;/m1./s1. The minimum absolute atomic E-state index is 0.639. The van der Waals surface area contributed by atoms with Crippen LogP contribution in [-0.2, 0) is 49.7 Å². The van der Waals surface area contributed by atoms with E-state index in [0.717, 1.165) is 12.3 Å². The largest absolute Gasteiger partial charge is 0.490 e. The Hall–Kier alpha value is -1.12. The molecule has 0 bridgehead atoms. The van der Waals surface area contributed by atoms with E-state index < -0.39 is 111 Å². The highest BCUT2D eigenvalue weighted by atomic mass is 31.3. The van der Waals surface area contributed by atoms with Crippen LogP contribution in [0.3, 0.4) is 0 Å². The molecule has 0 aliphatic carbocycles. The highest BCUT2D eigenvalue weighted by Crippen LogP contribution is 2.71. The van der Waals surface area contributed by atoms with E-state index in [1.54, 1.807) is 0 Å². The Bertz CT molecular complexity index is 1580. The number of hydrogen-bond donors (Lipinski definition) is 11. The van der Waals surface area contributed by atoms with Gasteiger partial charge < -0.3 is 64.6 Å². The SMILES string of the molecule is CCN(CC)CC.O=c1ccn([C@@H]2O[C@H](COP(=O)(O)OP(=O)(O)OP(=O)(O)OP(=O)(O)O[C@H]3O[C@H](CO)[C@@H](O)[C@@H](O)[C@H]3O)[C@@H](O)[C@H]2O)c(=O)[nH]1. The van der Waals surface area contributed by atoms with E-state index in [1.807, 2.05) is 4.98 Å². The number of phosphoric ester groups is 2. The van der Waals surface area contributed by atoms with E-state index in [-0.39, 0.29) is 0 Å². The highest BCUT2D eigenvalue weighted by Gasteiger charge is 2.51. The molecule has 3 rings (SSSR count). The van der Waals surface area contributed by atoms with E-state index >= 15 is 0 Å². The monoisotopic (exact) mass is 827 g/mol. The first-order valence-corrected chi connectivity index (χ1v) is 20.5. The summed E-state index contributed by atoms with van der Waals surface area (Å²) in [5, 5.41) is 58.5. The lowest BCUT2D eigenvalue weighted by atomic mass is 10.00. The summed E-state index contributed by atoms with van der Waals surface area (Å²) in [5.74, 6) is 0. The molecule has 2 fully saturated rings. The Morgan fingerprint density at radius 3 is 1.75 bits per heavy atom. The van der Waals surface area contributed by atoms with Crippen molar-refractivity contribution in [3.8, 4) is 0 Å². The number of aromatic amines is 1. The minimum Gasteiger partial charge on any atom is -0.394 e. The lowest BCUT2D eigenvalue weighted by Gasteiger charge is -2.39. The highest BCUT2D eigenvalue weighted by molar-refractivity contribution is 7.69. The molecule has 30 heteroatoms. The summed E-state index contributed by atoms with van der Waals surface area (Å²) >= 11 is 0. The zero-order chi connectivity index (χ0) is 39.1. The van der Waals surface area contributed by atoms with Gasteiger partial charge in [0.2, 0.25) is 0 Å². The number of rotatable bonds is 16. The van der Waals surface area contributed by atoms with Crippen LogP contribution in [0.25, 0.3) is 0 Å². The number of phosphoric acid groups is 4. The first-order valence-electron chi connectivity index (χ1n) is 14.6. The zero-order valence-electron chi connectivity index (χ0n) is 26.8. The van der Waals surface area contributed by atoms with Crippen molar-refractivity contribution in [2.45, 2.75) is 76.0 Å². The van der Waals surface area contributed by atoms with Gasteiger partial charge in [-0.15, -0.1) is 0 Å². The molecule has 1 aromatic rings. The lowest BCUT2D eigenvalue weighted by molar-refractivity contribution is -0.280. The molecule has 0 saturated carbocycles. The van der Waals surface area contributed by atoms with Gasteiger partial charge in [-0.05, 0) is 19.6 Å². The molecule has 1 aromatic heterocycles. The normalized spacial score (nSPS) is 32.9. The van der Waals surface area contributed by atoms with E-state index in [0.29, 0.717) is 4.57 Å². The second-order valence-corrected chi connectivity index (χ2v) is 16.6. The Kier molecular flexibility index (Phi) is 17.1. The van der Waals surface area contributed by atoms with Gasteiger partial charge in [0.25, 0.3) is 5.56 Å². The van der Waals surface area contributed by atoms with Crippen LogP contribution < -0.4 is 11.2 Å². The van der Waals surface area contributed by atoms with Gasteiger partial charge in [-0.1, -0.05) is 20.8 Å². The lowest BCUT2D eigenvalue weighted by Crippen LogP contribution is -2.58. The van der Waals surface area contributed by atoms with E-state index in [9.17, 15) is 73.0 Å². The third-order valence-corrected chi connectivity index (χ3v) is 12.8. The minimum atomic E-state index is -6.28.